The minimum Gasteiger partial charge on any atom is -0.394 e. The summed E-state index contributed by atoms with van der Waals surface area (Å²) in [5.41, 5.74) is 0. The molecule has 6 nitrogen and oxygen atoms in total. The quantitative estimate of drug-likeness (QED) is 0.272. The Morgan fingerprint density at radius 1 is 0.800 bits per heavy atom. The predicted octanol–water partition coefficient (Wildman–Crippen LogP) is -1.22. The van der Waals surface area contributed by atoms with Crippen molar-refractivity contribution in [2.75, 3.05) is 26.4 Å². The normalized spacial score (nSPS) is 10.2. The molecule has 0 saturated heterocycles. The van der Waals surface area contributed by atoms with Crippen molar-refractivity contribution in [1.82, 2.24) is 0 Å². The number of hydrogen-bond donors (Lipinski definition) is 2. The zero-order valence-corrected chi connectivity index (χ0v) is 5.36. The molecular weight excluding hydrogens is 144 g/mol. The van der Waals surface area contributed by atoms with Gasteiger partial charge in [-0.15, -0.1) is 0 Å². The van der Waals surface area contributed by atoms with Gasteiger partial charge in [-0.3, -0.25) is 0 Å². The molecule has 0 aliphatic rings. The molecule has 0 spiro atoms. The first kappa shape index (κ1) is 9.76. The van der Waals surface area contributed by atoms with E-state index in [1.54, 1.807) is 0 Å². The van der Waals surface area contributed by atoms with Crippen LogP contribution in [0.4, 0.5) is 0 Å². The average Bonchev–Trinajstić information content (AvgIpc) is 1.97. The smallest absolute Gasteiger partial charge is 0.109 e. The fourth-order valence-corrected chi connectivity index (χ4v) is 0.182. The van der Waals surface area contributed by atoms with E-state index in [-0.39, 0.29) is 26.4 Å². The largest absolute Gasteiger partial charge is 0.394 e. The molecule has 62 valence electrons. The predicted molar refractivity (Wildman–Crippen MR) is 28.2 cm³/mol. The van der Waals surface area contributed by atoms with Gasteiger partial charge in [0.15, 0.2) is 0 Å². The zero-order valence-electron chi connectivity index (χ0n) is 5.36. The van der Waals surface area contributed by atoms with Crippen molar-refractivity contribution >= 4 is 0 Å². The molecule has 0 atom stereocenters. The van der Waals surface area contributed by atoms with Crippen LogP contribution in [-0.4, -0.2) is 36.6 Å². The molecule has 6 heteroatoms. The Morgan fingerprint density at radius 2 is 1.20 bits per heavy atom. The minimum atomic E-state index is -0.163. The molecule has 0 aliphatic heterocycles. The van der Waals surface area contributed by atoms with Crippen LogP contribution in [0.25, 0.3) is 0 Å². The molecule has 0 aliphatic carbocycles. The lowest BCUT2D eigenvalue weighted by atomic mass is 10.8. The average molecular weight is 154 g/mol. The third-order valence-corrected chi connectivity index (χ3v) is 0.473. The second-order valence-electron chi connectivity index (χ2n) is 1.23. The van der Waals surface area contributed by atoms with E-state index in [0.29, 0.717) is 0 Å². The maximum absolute atomic E-state index is 8.13. The summed E-state index contributed by atoms with van der Waals surface area (Å²) in [5, 5.41) is 24.0. The van der Waals surface area contributed by atoms with Gasteiger partial charge in [-0.1, -0.05) is 0 Å². The number of aliphatic hydroxyl groups excluding tert-OH is 2. The molecule has 0 unspecified atom stereocenters. The van der Waals surface area contributed by atoms with Gasteiger partial charge in [0.25, 0.3) is 0 Å². The van der Waals surface area contributed by atoms with Gasteiger partial charge >= 0.3 is 0 Å². The molecule has 0 aromatic rings. The molecular formula is C4H10O6. The summed E-state index contributed by atoms with van der Waals surface area (Å²) in [5.74, 6) is 0. The summed E-state index contributed by atoms with van der Waals surface area (Å²) in [6.07, 6.45) is 0. The van der Waals surface area contributed by atoms with Crippen LogP contribution >= 0.6 is 0 Å². The molecule has 0 heterocycles. The minimum absolute atomic E-state index is 0.00247. The number of hydrogen-bond acceptors (Lipinski definition) is 6. The first-order valence-corrected chi connectivity index (χ1v) is 2.71. The van der Waals surface area contributed by atoms with Gasteiger partial charge < -0.3 is 10.2 Å². The molecule has 10 heavy (non-hydrogen) atoms. The van der Waals surface area contributed by atoms with Crippen molar-refractivity contribution in [2.24, 2.45) is 0 Å². The topological polar surface area (TPSA) is 77.4 Å². The van der Waals surface area contributed by atoms with E-state index in [0.717, 1.165) is 0 Å². The molecule has 0 amide bonds. The van der Waals surface area contributed by atoms with E-state index in [2.05, 4.69) is 19.9 Å². The van der Waals surface area contributed by atoms with Crippen LogP contribution in [0.2, 0.25) is 0 Å². The van der Waals surface area contributed by atoms with Crippen LogP contribution in [0.1, 0.15) is 0 Å². The van der Waals surface area contributed by atoms with Crippen LogP contribution in [-0.2, 0) is 19.9 Å². The Kier molecular flexibility index (Phi) is 8.55. The SMILES string of the molecule is OCCOOOOCCO. The Bertz CT molecular complexity index is 49.7. The summed E-state index contributed by atoms with van der Waals surface area (Å²) in [4.78, 5) is 8.30. The van der Waals surface area contributed by atoms with E-state index >= 15 is 0 Å². The van der Waals surface area contributed by atoms with Crippen LogP contribution in [0.15, 0.2) is 0 Å². The standard InChI is InChI=1S/C4H10O6/c5-1-3-7-9-10-8-4-2-6/h5-6H,1-4H2. The van der Waals surface area contributed by atoms with E-state index in [9.17, 15) is 0 Å². The van der Waals surface area contributed by atoms with Gasteiger partial charge in [0.1, 0.15) is 13.2 Å². The first-order chi connectivity index (χ1) is 4.91. The van der Waals surface area contributed by atoms with Crippen molar-refractivity contribution in [3.63, 3.8) is 0 Å². The summed E-state index contributed by atoms with van der Waals surface area (Å²) < 4.78 is 0. The van der Waals surface area contributed by atoms with E-state index < -0.39 is 0 Å². The van der Waals surface area contributed by atoms with Crippen molar-refractivity contribution in [3.05, 3.63) is 0 Å². The maximum Gasteiger partial charge on any atom is 0.109 e. The monoisotopic (exact) mass is 154 g/mol. The fraction of sp³-hybridized carbons (Fsp3) is 1.00. The summed E-state index contributed by atoms with van der Waals surface area (Å²) >= 11 is 0. The molecule has 0 aromatic heterocycles. The van der Waals surface area contributed by atoms with Gasteiger partial charge in [-0.05, 0) is 10.1 Å². The van der Waals surface area contributed by atoms with Gasteiger partial charge in [0, 0.05) is 0 Å². The van der Waals surface area contributed by atoms with Crippen LogP contribution < -0.4 is 0 Å². The summed E-state index contributed by atoms with van der Waals surface area (Å²) in [6.45, 7) is -0.322. The molecule has 0 bridgehead atoms. The molecule has 0 rings (SSSR count). The number of rotatable bonds is 7. The highest BCUT2D eigenvalue weighted by atomic mass is 17.7. The Balaban J connectivity index is 2.65. The fourth-order valence-electron chi connectivity index (χ4n) is 0.182. The summed E-state index contributed by atoms with van der Waals surface area (Å²) in [6, 6.07) is 0. The van der Waals surface area contributed by atoms with E-state index in [1.807, 2.05) is 0 Å². The lowest BCUT2D eigenvalue weighted by molar-refractivity contribution is -0.634. The lowest BCUT2D eigenvalue weighted by Crippen LogP contribution is -2.04. The third kappa shape index (κ3) is 7.76. The second-order valence-corrected chi connectivity index (χ2v) is 1.23. The highest BCUT2D eigenvalue weighted by Gasteiger charge is 1.88. The van der Waals surface area contributed by atoms with Gasteiger partial charge in [0.05, 0.1) is 13.2 Å². The van der Waals surface area contributed by atoms with E-state index in [1.165, 1.54) is 0 Å². The molecule has 2 N–H and O–H groups in total. The van der Waals surface area contributed by atoms with Crippen molar-refractivity contribution in [1.29, 1.82) is 0 Å². The van der Waals surface area contributed by atoms with E-state index in [4.69, 9.17) is 10.2 Å². The highest BCUT2D eigenvalue weighted by Crippen LogP contribution is 1.81. The van der Waals surface area contributed by atoms with Crippen LogP contribution in [0, 0.1) is 0 Å². The van der Waals surface area contributed by atoms with Crippen LogP contribution in [0.3, 0.4) is 0 Å². The van der Waals surface area contributed by atoms with Crippen molar-refractivity contribution in [3.8, 4) is 0 Å². The Morgan fingerprint density at radius 3 is 1.50 bits per heavy atom. The Hall–Kier alpha value is -0.240. The van der Waals surface area contributed by atoms with Crippen molar-refractivity contribution in [2.45, 2.75) is 0 Å². The molecule has 0 radical (unpaired) electrons. The molecule has 0 aromatic carbocycles. The summed E-state index contributed by atoms with van der Waals surface area (Å²) in [7, 11) is 0. The van der Waals surface area contributed by atoms with Gasteiger partial charge in [0.2, 0.25) is 0 Å². The molecule has 0 saturated carbocycles. The first-order valence-electron chi connectivity index (χ1n) is 2.71. The zero-order chi connectivity index (χ0) is 7.66. The highest BCUT2D eigenvalue weighted by molar-refractivity contribution is 4.11. The number of aliphatic hydroxyl groups is 2. The van der Waals surface area contributed by atoms with Gasteiger partial charge in [-0.25, -0.2) is 9.78 Å². The van der Waals surface area contributed by atoms with Crippen LogP contribution in [0.5, 0.6) is 0 Å². The Labute approximate surface area is 57.7 Å². The molecule has 0 fully saturated rings. The maximum atomic E-state index is 8.13. The van der Waals surface area contributed by atoms with Crippen molar-refractivity contribution < 1.29 is 30.1 Å². The lowest BCUT2D eigenvalue weighted by Gasteiger charge is -1.98. The second kappa shape index (κ2) is 8.76. The third-order valence-electron chi connectivity index (χ3n) is 0.473. The van der Waals surface area contributed by atoms with Gasteiger partial charge in [-0.2, -0.15) is 0 Å².